The Balaban J connectivity index is 1.76. The number of rotatable bonds is 2. The van der Waals surface area contributed by atoms with Crippen LogP contribution in [-0.4, -0.2) is 28.9 Å². The first-order valence-corrected chi connectivity index (χ1v) is 7.55. The van der Waals surface area contributed by atoms with Gasteiger partial charge in [0.15, 0.2) is 0 Å². The largest absolute Gasteiger partial charge is 0.338 e. The van der Waals surface area contributed by atoms with E-state index in [9.17, 15) is 4.79 Å². The molecule has 1 aromatic heterocycles. The Kier molecular flexibility index (Phi) is 4.00. The predicted octanol–water partition coefficient (Wildman–Crippen LogP) is 3.62. The highest BCUT2D eigenvalue weighted by molar-refractivity contribution is 5.94. The van der Waals surface area contributed by atoms with E-state index in [1.165, 1.54) is 6.42 Å². The van der Waals surface area contributed by atoms with Gasteiger partial charge in [0.2, 0.25) is 0 Å². The molecule has 1 aliphatic heterocycles. The van der Waals surface area contributed by atoms with Crippen molar-refractivity contribution >= 4 is 5.91 Å². The van der Waals surface area contributed by atoms with Crippen molar-refractivity contribution < 1.29 is 4.79 Å². The molecule has 1 saturated heterocycles. The molecular formula is C18H20N2O. The minimum atomic E-state index is 0.147. The third kappa shape index (κ3) is 3.13. The second kappa shape index (κ2) is 6.08. The summed E-state index contributed by atoms with van der Waals surface area (Å²) in [5, 5.41) is 0. The molecule has 1 unspecified atom stereocenters. The van der Waals surface area contributed by atoms with Crippen LogP contribution in [0.1, 0.15) is 30.1 Å². The highest BCUT2D eigenvalue weighted by Crippen LogP contribution is 2.20. The molecule has 0 saturated carbocycles. The van der Waals surface area contributed by atoms with Gasteiger partial charge in [0.1, 0.15) is 0 Å². The first-order chi connectivity index (χ1) is 10.2. The molecule has 3 rings (SSSR count). The van der Waals surface area contributed by atoms with E-state index in [2.05, 4.69) is 11.9 Å². The molecule has 0 radical (unpaired) electrons. The van der Waals surface area contributed by atoms with E-state index in [0.29, 0.717) is 5.92 Å². The third-order valence-electron chi connectivity index (χ3n) is 4.04. The number of hydrogen-bond donors (Lipinski definition) is 0. The van der Waals surface area contributed by atoms with E-state index >= 15 is 0 Å². The highest BCUT2D eigenvalue weighted by atomic mass is 16.2. The van der Waals surface area contributed by atoms with Crippen molar-refractivity contribution in [2.75, 3.05) is 13.1 Å². The number of pyridine rings is 1. The molecule has 1 aliphatic rings. The zero-order valence-electron chi connectivity index (χ0n) is 12.3. The Morgan fingerprint density at radius 1 is 1.19 bits per heavy atom. The number of carbonyl (C=O) groups excluding carboxylic acids is 1. The number of aromatic nitrogens is 1. The Labute approximate surface area is 125 Å². The van der Waals surface area contributed by atoms with Gasteiger partial charge in [-0.05, 0) is 43.0 Å². The Morgan fingerprint density at radius 2 is 2.00 bits per heavy atom. The monoisotopic (exact) mass is 280 g/mol. The molecule has 0 bridgehead atoms. The molecule has 1 amide bonds. The molecule has 1 atom stereocenters. The van der Waals surface area contributed by atoms with Crippen molar-refractivity contribution in [1.29, 1.82) is 0 Å². The molecule has 108 valence electrons. The van der Waals surface area contributed by atoms with Gasteiger partial charge in [-0.2, -0.15) is 0 Å². The van der Waals surface area contributed by atoms with Crippen LogP contribution in [0.25, 0.3) is 11.3 Å². The van der Waals surface area contributed by atoms with Gasteiger partial charge in [-0.1, -0.05) is 25.1 Å². The number of hydrogen-bond acceptors (Lipinski definition) is 2. The number of carbonyl (C=O) groups is 1. The number of amides is 1. The lowest BCUT2D eigenvalue weighted by molar-refractivity contribution is 0.0683. The maximum Gasteiger partial charge on any atom is 0.253 e. The van der Waals surface area contributed by atoms with Crippen LogP contribution in [-0.2, 0) is 0 Å². The van der Waals surface area contributed by atoms with E-state index in [1.54, 1.807) is 6.20 Å². The second-order valence-electron chi connectivity index (χ2n) is 5.79. The number of benzene rings is 1. The van der Waals surface area contributed by atoms with Crippen molar-refractivity contribution in [2.24, 2.45) is 5.92 Å². The quantitative estimate of drug-likeness (QED) is 0.841. The standard InChI is InChI=1S/C18H20N2O/c1-14-5-4-12-20(13-14)18(21)16-9-7-15(8-10-16)17-6-2-3-11-19-17/h2-3,6-11,14H,4-5,12-13H2,1H3. The van der Waals surface area contributed by atoms with E-state index in [4.69, 9.17) is 0 Å². The molecule has 2 aromatic rings. The zero-order chi connectivity index (χ0) is 14.7. The summed E-state index contributed by atoms with van der Waals surface area (Å²) in [5.74, 6) is 0.754. The molecule has 3 heteroatoms. The van der Waals surface area contributed by atoms with Gasteiger partial charge in [-0.25, -0.2) is 0 Å². The summed E-state index contributed by atoms with van der Waals surface area (Å²) >= 11 is 0. The van der Waals surface area contributed by atoms with Crippen LogP contribution in [0, 0.1) is 5.92 Å². The van der Waals surface area contributed by atoms with Crippen molar-refractivity contribution in [3.8, 4) is 11.3 Å². The van der Waals surface area contributed by atoms with Crippen molar-refractivity contribution in [3.05, 3.63) is 54.2 Å². The van der Waals surface area contributed by atoms with Crippen LogP contribution in [0.5, 0.6) is 0 Å². The van der Waals surface area contributed by atoms with Gasteiger partial charge >= 0.3 is 0 Å². The predicted molar refractivity (Wildman–Crippen MR) is 84.0 cm³/mol. The summed E-state index contributed by atoms with van der Waals surface area (Å²) in [4.78, 5) is 18.8. The lowest BCUT2D eigenvalue weighted by Crippen LogP contribution is -2.39. The van der Waals surface area contributed by atoms with Gasteiger partial charge in [-0.3, -0.25) is 9.78 Å². The highest BCUT2D eigenvalue weighted by Gasteiger charge is 2.21. The van der Waals surface area contributed by atoms with E-state index in [0.717, 1.165) is 36.3 Å². The topological polar surface area (TPSA) is 33.2 Å². The van der Waals surface area contributed by atoms with Crippen LogP contribution in [0.3, 0.4) is 0 Å². The van der Waals surface area contributed by atoms with Crippen LogP contribution in [0.4, 0.5) is 0 Å². The fraction of sp³-hybridized carbons (Fsp3) is 0.333. The van der Waals surface area contributed by atoms with E-state index in [-0.39, 0.29) is 5.91 Å². The first-order valence-electron chi connectivity index (χ1n) is 7.55. The first kappa shape index (κ1) is 13.8. The summed E-state index contributed by atoms with van der Waals surface area (Å²) in [6.07, 6.45) is 4.12. The number of piperidine rings is 1. The maximum absolute atomic E-state index is 12.5. The Hall–Kier alpha value is -2.16. The van der Waals surface area contributed by atoms with E-state index in [1.807, 2.05) is 47.4 Å². The van der Waals surface area contributed by atoms with Crippen LogP contribution in [0.15, 0.2) is 48.7 Å². The lowest BCUT2D eigenvalue weighted by Gasteiger charge is -2.31. The summed E-state index contributed by atoms with van der Waals surface area (Å²) in [6.45, 7) is 3.97. The van der Waals surface area contributed by atoms with Crippen LogP contribution >= 0.6 is 0 Å². The van der Waals surface area contributed by atoms with Gasteiger partial charge < -0.3 is 4.90 Å². The molecule has 1 aromatic carbocycles. The Bertz CT molecular complexity index is 607. The molecule has 0 aliphatic carbocycles. The maximum atomic E-state index is 12.5. The smallest absolute Gasteiger partial charge is 0.253 e. The molecule has 1 fully saturated rings. The van der Waals surface area contributed by atoms with Gasteiger partial charge in [0, 0.05) is 30.4 Å². The summed E-state index contributed by atoms with van der Waals surface area (Å²) in [6, 6.07) is 13.6. The van der Waals surface area contributed by atoms with Gasteiger partial charge in [0.25, 0.3) is 5.91 Å². The average molecular weight is 280 g/mol. The second-order valence-corrected chi connectivity index (χ2v) is 5.79. The van der Waals surface area contributed by atoms with Gasteiger partial charge in [-0.15, -0.1) is 0 Å². The number of nitrogens with zero attached hydrogens (tertiary/aromatic N) is 2. The van der Waals surface area contributed by atoms with Crippen LogP contribution < -0.4 is 0 Å². The molecule has 3 nitrogen and oxygen atoms in total. The van der Waals surface area contributed by atoms with Crippen molar-refractivity contribution in [2.45, 2.75) is 19.8 Å². The molecule has 21 heavy (non-hydrogen) atoms. The molecule has 0 spiro atoms. The fourth-order valence-corrected chi connectivity index (χ4v) is 2.87. The summed E-state index contributed by atoms with van der Waals surface area (Å²) in [5.41, 5.74) is 2.74. The summed E-state index contributed by atoms with van der Waals surface area (Å²) in [7, 11) is 0. The molecular weight excluding hydrogens is 260 g/mol. The fourth-order valence-electron chi connectivity index (χ4n) is 2.87. The lowest BCUT2D eigenvalue weighted by atomic mass is 9.99. The zero-order valence-corrected chi connectivity index (χ0v) is 12.3. The minimum absolute atomic E-state index is 0.147. The molecule has 0 N–H and O–H groups in total. The van der Waals surface area contributed by atoms with E-state index < -0.39 is 0 Å². The minimum Gasteiger partial charge on any atom is -0.338 e. The average Bonchev–Trinajstić information content (AvgIpc) is 2.55. The SMILES string of the molecule is CC1CCCN(C(=O)c2ccc(-c3ccccn3)cc2)C1. The summed E-state index contributed by atoms with van der Waals surface area (Å²) < 4.78 is 0. The van der Waals surface area contributed by atoms with Crippen molar-refractivity contribution in [1.82, 2.24) is 9.88 Å². The third-order valence-corrected chi connectivity index (χ3v) is 4.04. The number of likely N-dealkylation sites (tertiary alicyclic amines) is 1. The van der Waals surface area contributed by atoms with Gasteiger partial charge in [0.05, 0.1) is 5.69 Å². The van der Waals surface area contributed by atoms with Crippen molar-refractivity contribution in [3.63, 3.8) is 0 Å². The normalized spacial score (nSPS) is 18.5. The van der Waals surface area contributed by atoms with Crippen LogP contribution in [0.2, 0.25) is 0 Å². The molecule has 2 heterocycles. The Morgan fingerprint density at radius 3 is 2.67 bits per heavy atom.